The highest BCUT2D eigenvalue weighted by molar-refractivity contribution is 5.88. The van der Waals surface area contributed by atoms with Crippen LogP contribution < -0.4 is 14.8 Å². The van der Waals surface area contributed by atoms with Crippen molar-refractivity contribution in [3.8, 4) is 22.9 Å². The van der Waals surface area contributed by atoms with Gasteiger partial charge in [-0.1, -0.05) is 61.7 Å². The highest BCUT2D eigenvalue weighted by atomic mass is 16.7. The number of nitrogens with one attached hydrogen (secondary N) is 1. The van der Waals surface area contributed by atoms with Crippen molar-refractivity contribution in [1.82, 2.24) is 35.4 Å². The van der Waals surface area contributed by atoms with Gasteiger partial charge in [0.2, 0.25) is 24.4 Å². The molecule has 2 aromatic carbocycles. The number of hydrogen-bond acceptors (Lipinski definition) is 8. The monoisotopic (exact) mass is 553 g/mol. The summed E-state index contributed by atoms with van der Waals surface area (Å²) in [6.45, 7) is 0.0724. The number of nitrogens with zero attached hydrogens (tertiary/aromatic N) is 6. The molecule has 0 spiro atoms. The van der Waals surface area contributed by atoms with E-state index in [0.29, 0.717) is 23.0 Å². The van der Waals surface area contributed by atoms with E-state index in [1.807, 2.05) is 54.6 Å². The molecule has 1 N–H and O–H groups in total. The summed E-state index contributed by atoms with van der Waals surface area (Å²) >= 11 is 0. The first kappa shape index (κ1) is 26.4. The van der Waals surface area contributed by atoms with Crippen molar-refractivity contribution in [2.45, 2.75) is 57.3 Å². The average Bonchev–Trinajstić information content (AvgIpc) is 3.68. The third kappa shape index (κ3) is 6.19. The van der Waals surface area contributed by atoms with Gasteiger partial charge in [-0.05, 0) is 47.9 Å². The van der Waals surface area contributed by atoms with Gasteiger partial charge in [-0.15, -0.1) is 10.2 Å². The molecule has 1 aliphatic carbocycles. The second-order valence-corrected chi connectivity index (χ2v) is 10.2. The summed E-state index contributed by atoms with van der Waals surface area (Å²) in [5.41, 5.74) is 2.05. The molecule has 210 valence electrons. The van der Waals surface area contributed by atoms with Gasteiger partial charge in [0.1, 0.15) is 6.54 Å². The van der Waals surface area contributed by atoms with Gasteiger partial charge in [-0.3, -0.25) is 14.6 Å². The molecule has 41 heavy (non-hydrogen) atoms. The van der Waals surface area contributed by atoms with Crippen molar-refractivity contribution < 1.29 is 19.1 Å². The Morgan fingerprint density at radius 2 is 1.78 bits per heavy atom. The van der Waals surface area contributed by atoms with Gasteiger partial charge >= 0.3 is 0 Å². The van der Waals surface area contributed by atoms with Crippen LogP contribution >= 0.6 is 0 Å². The largest absolute Gasteiger partial charge is 0.454 e. The van der Waals surface area contributed by atoms with Crippen LogP contribution in [0.1, 0.15) is 49.4 Å². The van der Waals surface area contributed by atoms with Gasteiger partial charge < -0.3 is 19.7 Å². The first-order valence-corrected chi connectivity index (χ1v) is 13.9. The van der Waals surface area contributed by atoms with Crippen molar-refractivity contribution >= 4 is 11.8 Å². The number of benzene rings is 2. The second kappa shape index (κ2) is 12.2. The normalized spacial score (nSPS) is 15.3. The lowest BCUT2D eigenvalue weighted by Crippen LogP contribution is -2.48. The van der Waals surface area contributed by atoms with Crippen LogP contribution in [0.25, 0.3) is 11.4 Å². The Hall–Kier alpha value is -4.80. The number of tetrazole rings is 1. The number of carbonyl (C=O) groups is 2. The average molecular weight is 554 g/mol. The van der Waals surface area contributed by atoms with Crippen molar-refractivity contribution in [3.05, 3.63) is 84.2 Å². The van der Waals surface area contributed by atoms with E-state index in [4.69, 9.17) is 9.47 Å². The molecule has 2 amide bonds. The molecule has 0 saturated heterocycles. The Kier molecular flexibility index (Phi) is 7.83. The number of pyridine rings is 1. The molecule has 1 saturated carbocycles. The van der Waals surface area contributed by atoms with Crippen LogP contribution in [0.15, 0.2) is 72.9 Å². The summed E-state index contributed by atoms with van der Waals surface area (Å²) in [5, 5.41) is 15.9. The molecule has 0 radical (unpaired) electrons. The van der Waals surface area contributed by atoms with E-state index in [0.717, 1.165) is 36.8 Å². The summed E-state index contributed by atoms with van der Waals surface area (Å²) in [6.07, 6.45) is 6.77. The maximum atomic E-state index is 14.0. The Balaban J connectivity index is 1.32. The molecule has 11 heteroatoms. The van der Waals surface area contributed by atoms with Gasteiger partial charge in [0, 0.05) is 24.3 Å². The van der Waals surface area contributed by atoms with E-state index in [2.05, 4.69) is 25.7 Å². The molecule has 1 fully saturated rings. The van der Waals surface area contributed by atoms with Gasteiger partial charge in [-0.2, -0.15) is 4.80 Å². The summed E-state index contributed by atoms with van der Waals surface area (Å²) in [7, 11) is 0. The SMILES string of the molecule is O=C(NC1CCCCC1)C(c1ccccn1)N(Cc1ccc2c(c1)OCO2)C(=O)Cn1nnc(-c2ccccc2)n1. The minimum atomic E-state index is -0.965. The summed E-state index contributed by atoms with van der Waals surface area (Å²) < 4.78 is 11.0. The smallest absolute Gasteiger partial charge is 0.249 e. The predicted octanol–water partition coefficient (Wildman–Crippen LogP) is 3.68. The molecule has 1 aliphatic heterocycles. The lowest BCUT2D eigenvalue weighted by molar-refractivity contribution is -0.143. The van der Waals surface area contributed by atoms with Crippen LogP contribution in [0.4, 0.5) is 0 Å². The molecule has 1 unspecified atom stereocenters. The number of ether oxygens (including phenoxy) is 2. The zero-order chi connectivity index (χ0) is 28.0. The minimum Gasteiger partial charge on any atom is -0.454 e. The fourth-order valence-corrected chi connectivity index (χ4v) is 5.28. The summed E-state index contributed by atoms with van der Waals surface area (Å²) in [6, 6.07) is 19.4. The molecule has 1 atom stereocenters. The first-order chi connectivity index (χ1) is 20.1. The Morgan fingerprint density at radius 3 is 2.59 bits per heavy atom. The summed E-state index contributed by atoms with van der Waals surface area (Å²) in [5.74, 6) is 1.04. The topological polar surface area (TPSA) is 124 Å². The lowest BCUT2D eigenvalue weighted by Gasteiger charge is -2.32. The maximum absolute atomic E-state index is 14.0. The lowest BCUT2D eigenvalue weighted by atomic mass is 9.95. The van der Waals surface area contributed by atoms with Crippen molar-refractivity contribution in [3.63, 3.8) is 0 Å². The Labute approximate surface area is 237 Å². The van der Waals surface area contributed by atoms with Gasteiger partial charge in [0.05, 0.1) is 5.69 Å². The fraction of sp³-hybridized carbons (Fsp3) is 0.333. The Bertz CT molecular complexity index is 1490. The molecule has 2 aliphatic rings. The molecule has 11 nitrogen and oxygen atoms in total. The predicted molar refractivity (Wildman–Crippen MR) is 148 cm³/mol. The van der Waals surface area contributed by atoms with Crippen molar-refractivity contribution in [1.29, 1.82) is 0 Å². The van der Waals surface area contributed by atoms with E-state index < -0.39 is 6.04 Å². The number of aromatic nitrogens is 5. The van der Waals surface area contributed by atoms with Gasteiger partial charge in [0.25, 0.3) is 0 Å². The fourth-order valence-electron chi connectivity index (χ4n) is 5.28. The van der Waals surface area contributed by atoms with Crippen LogP contribution in [-0.4, -0.2) is 54.7 Å². The number of carbonyl (C=O) groups excluding carboxylic acids is 2. The van der Waals surface area contributed by atoms with E-state index in [1.54, 1.807) is 18.3 Å². The van der Waals surface area contributed by atoms with Crippen LogP contribution in [0, 0.1) is 0 Å². The number of hydrogen-bond donors (Lipinski definition) is 1. The van der Waals surface area contributed by atoms with Crippen molar-refractivity contribution in [2.75, 3.05) is 6.79 Å². The minimum absolute atomic E-state index is 0.0652. The quantitative estimate of drug-likeness (QED) is 0.333. The number of amides is 2. The zero-order valence-corrected chi connectivity index (χ0v) is 22.6. The van der Waals surface area contributed by atoms with Gasteiger partial charge in [0.15, 0.2) is 17.5 Å². The highest BCUT2D eigenvalue weighted by Crippen LogP contribution is 2.34. The van der Waals surface area contributed by atoms with Crippen molar-refractivity contribution in [2.24, 2.45) is 0 Å². The molecular formula is C30H31N7O4. The number of rotatable bonds is 9. The van der Waals surface area contributed by atoms with E-state index in [-0.39, 0.29) is 37.7 Å². The van der Waals surface area contributed by atoms with Crippen LogP contribution in [0.5, 0.6) is 11.5 Å². The van der Waals surface area contributed by atoms with Crippen LogP contribution in [0.2, 0.25) is 0 Å². The molecule has 4 aromatic rings. The summed E-state index contributed by atoms with van der Waals surface area (Å²) in [4.78, 5) is 35.3. The highest BCUT2D eigenvalue weighted by Gasteiger charge is 2.34. The maximum Gasteiger partial charge on any atom is 0.249 e. The third-order valence-corrected chi connectivity index (χ3v) is 7.35. The molecular weight excluding hydrogens is 522 g/mol. The molecule has 0 bridgehead atoms. The zero-order valence-electron chi connectivity index (χ0n) is 22.6. The van der Waals surface area contributed by atoms with E-state index in [9.17, 15) is 9.59 Å². The van der Waals surface area contributed by atoms with Gasteiger partial charge in [-0.25, -0.2) is 0 Å². The Morgan fingerprint density at radius 1 is 0.976 bits per heavy atom. The molecule has 6 rings (SSSR count). The third-order valence-electron chi connectivity index (χ3n) is 7.35. The molecule has 2 aromatic heterocycles. The van der Waals surface area contributed by atoms with Crippen LogP contribution in [-0.2, 0) is 22.7 Å². The van der Waals surface area contributed by atoms with Crippen LogP contribution in [0.3, 0.4) is 0 Å². The number of fused-ring (bicyclic) bond motifs is 1. The molecule has 3 heterocycles. The second-order valence-electron chi connectivity index (χ2n) is 10.2. The van der Waals surface area contributed by atoms with E-state index >= 15 is 0 Å². The standard InChI is InChI=1S/C30H31N7O4/c38-27(19-37-34-29(33-35-37)22-9-3-1-4-10-22)36(18-21-14-15-25-26(17-21)41-20-40-25)28(24-13-7-8-16-31-24)30(39)32-23-11-5-2-6-12-23/h1,3-4,7-10,13-17,23,28H,2,5-6,11-12,18-20H2,(H,32,39). The van der Waals surface area contributed by atoms with E-state index in [1.165, 1.54) is 16.1 Å². The first-order valence-electron chi connectivity index (χ1n) is 13.9.